The molecular weight excluding hydrogens is 364 g/mol. The highest BCUT2D eigenvalue weighted by Gasteiger charge is 2.29. The molecule has 0 unspecified atom stereocenters. The molecule has 0 amide bonds. The van der Waals surface area contributed by atoms with Crippen molar-refractivity contribution in [2.75, 3.05) is 23.3 Å². The number of carbonyl (C=O) groups excluding carboxylic acids is 1. The second kappa shape index (κ2) is 8.31. The normalized spacial score (nSPS) is 13.7. The Morgan fingerprint density at radius 2 is 1.97 bits per heavy atom. The number of ketones is 1. The summed E-state index contributed by atoms with van der Waals surface area (Å²) in [6.07, 6.45) is 2.37. The van der Waals surface area contributed by atoms with E-state index in [9.17, 15) is 4.79 Å². The lowest BCUT2D eigenvalue weighted by Gasteiger charge is -2.39. The fourth-order valence-corrected chi connectivity index (χ4v) is 3.20. The number of hydrogen-bond acceptors (Lipinski definition) is 6. The number of Topliss-reactive ketones (excluding diaryl/α,β-unsaturated/α-hetero) is 1. The minimum Gasteiger partial charge on any atom is -0.487 e. The van der Waals surface area contributed by atoms with Crippen molar-refractivity contribution in [3.05, 3.63) is 71.9 Å². The lowest BCUT2D eigenvalue weighted by atomic mass is 10.1. The van der Waals surface area contributed by atoms with E-state index in [1.54, 1.807) is 6.20 Å². The molecule has 1 aliphatic heterocycles. The van der Waals surface area contributed by atoms with Gasteiger partial charge in [0.05, 0.1) is 13.1 Å². The third-order valence-corrected chi connectivity index (χ3v) is 4.90. The molecule has 0 bridgehead atoms. The van der Waals surface area contributed by atoms with E-state index in [4.69, 9.17) is 4.74 Å². The van der Waals surface area contributed by atoms with Gasteiger partial charge < -0.3 is 15.0 Å². The third kappa shape index (κ3) is 4.54. The fraction of sp³-hybridized carbons (Fsp3) is 0.261. The molecule has 3 aromatic rings. The Morgan fingerprint density at radius 1 is 1.17 bits per heavy atom. The van der Waals surface area contributed by atoms with Crippen LogP contribution in [0.5, 0.6) is 5.75 Å². The van der Waals surface area contributed by atoms with Crippen LogP contribution in [0.2, 0.25) is 0 Å². The zero-order chi connectivity index (χ0) is 20.2. The predicted octanol–water partition coefficient (Wildman–Crippen LogP) is 4.39. The van der Waals surface area contributed by atoms with E-state index in [-0.39, 0.29) is 11.9 Å². The van der Waals surface area contributed by atoms with E-state index in [1.807, 2.05) is 49.4 Å². The summed E-state index contributed by atoms with van der Waals surface area (Å²) in [6.45, 7) is 5.49. The highest BCUT2D eigenvalue weighted by Crippen LogP contribution is 2.24. The van der Waals surface area contributed by atoms with Gasteiger partial charge in [-0.05, 0) is 37.3 Å². The lowest BCUT2D eigenvalue weighted by molar-refractivity contribution is 0.0988. The van der Waals surface area contributed by atoms with Crippen molar-refractivity contribution in [3.63, 3.8) is 0 Å². The Kier molecular flexibility index (Phi) is 5.42. The minimum atomic E-state index is 0.114. The number of aromatic nitrogens is 2. The molecule has 1 saturated heterocycles. The van der Waals surface area contributed by atoms with Crippen molar-refractivity contribution in [1.29, 1.82) is 0 Å². The third-order valence-electron chi connectivity index (χ3n) is 4.90. The number of nitrogens with zero attached hydrogens (tertiary/aromatic N) is 3. The van der Waals surface area contributed by atoms with E-state index in [0.29, 0.717) is 17.9 Å². The average molecular weight is 388 g/mol. The molecule has 1 N–H and O–H groups in total. The van der Waals surface area contributed by atoms with Crippen LogP contribution >= 0.6 is 0 Å². The van der Waals surface area contributed by atoms with Crippen LogP contribution in [0.3, 0.4) is 0 Å². The van der Waals surface area contributed by atoms with Gasteiger partial charge in [0, 0.05) is 23.9 Å². The Hall–Kier alpha value is -3.41. The van der Waals surface area contributed by atoms with E-state index in [2.05, 4.69) is 39.2 Å². The van der Waals surface area contributed by atoms with Crippen LogP contribution < -0.4 is 15.0 Å². The summed E-state index contributed by atoms with van der Waals surface area (Å²) >= 11 is 0. The van der Waals surface area contributed by atoms with Gasteiger partial charge in [0.1, 0.15) is 17.7 Å². The summed E-state index contributed by atoms with van der Waals surface area (Å²) in [7, 11) is 0. The number of rotatable bonds is 7. The number of aryl methyl sites for hydroxylation is 1. The first-order chi connectivity index (χ1) is 14.1. The van der Waals surface area contributed by atoms with Gasteiger partial charge in [-0.2, -0.15) is 4.98 Å². The maximum Gasteiger partial charge on any atom is 0.229 e. The van der Waals surface area contributed by atoms with E-state index in [0.717, 1.165) is 30.3 Å². The number of hydrogen-bond donors (Lipinski definition) is 1. The van der Waals surface area contributed by atoms with Crippen molar-refractivity contribution in [1.82, 2.24) is 9.97 Å². The molecule has 0 radical (unpaired) electrons. The molecule has 0 spiro atoms. The first-order valence-electron chi connectivity index (χ1n) is 9.82. The number of nitrogens with one attached hydrogen (secondary N) is 1. The van der Waals surface area contributed by atoms with Gasteiger partial charge in [-0.1, -0.05) is 36.8 Å². The Morgan fingerprint density at radius 3 is 2.72 bits per heavy atom. The smallest absolute Gasteiger partial charge is 0.229 e. The van der Waals surface area contributed by atoms with Crippen LogP contribution in [0.1, 0.15) is 29.3 Å². The Balaban J connectivity index is 1.37. The molecule has 0 aliphatic carbocycles. The van der Waals surface area contributed by atoms with E-state index < -0.39 is 0 Å². The molecule has 29 heavy (non-hydrogen) atoms. The Bertz CT molecular complexity index is 998. The van der Waals surface area contributed by atoms with Gasteiger partial charge in [0.15, 0.2) is 5.78 Å². The Labute approximate surface area is 170 Å². The number of anilines is 3. The van der Waals surface area contributed by atoms with Crippen LogP contribution in [-0.4, -0.2) is 34.9 Å². The first kappa shape index (κ1) is 18.9. The van der Waals surface area contributed by atoms with E-state index >= 15 is 0 Å². The highest BCUT2D eigenvalue weighted by molar-refractivity contribution is 5.96. The van der Waals surface area contributed by atoms with Crippen LogP contribution in [0, 0.1) is 6.92 Å². The molecule has 6 heteroatoms. The fourth-order valence-electron chi connectivity index (χ4n) is 3.20. The molecule has 2 aromatic carbocycles. The van der Waals surface area contributed by atoms with Gasteiger partial charge in [-0.25, -0.2) is 4.98 Å². The molecule has 1 fully saturated rings. The molecule has 0 atom stereocenters. The van der Waals surface area contributed by atoms with Crippen molar-refractivity contribution in [3.8, 4) is 5.75 Å². The molecule has 2 heterocycles. The average Bonchev–Trinajstić information content (AvgIpc) is 2.71. The summed E-state index contributed by atoms with van der Waals surface area (Å²) in [4.78, 5) is 23.0. The molecule has 0 saturated carbocycles. The second-order valence-corrected chi connectivity index (χ2v) is 7.18. The zero-order valence-corrected chi connectivity index (χ0v) is 16.6. The van der Waals surface area contributed by atoms with Gasteiger partial charge in [0.2, 0.25) is 5.95 Å². The lowest BCUT2D eigenvalue weighted by Crippen LogP contribution is -2.54. The van der Waals surface area contributed by atoms with Crippen molar-refractivity contribution < 1.29 is 9.53 Å². The number of ether oxygens (including phenoxy) is 1. The maximum absolute atomic E-state index is 11.9. The van der Waals surface area contributed by atoms with Crippen LogP contribution in [0.25, 0.3) is 0 Å². The van der Waals surface area contributed by atoms with Crippen molar-refractivity contribution >= 4 is 23.2 Å². The number of benzene rings is 2. The van der Waals surface area contributed by atoms with Crippen molar-refractivity contribution in [2.24, 2.45) is 0 Å². The minimum absolute atomic E-state index is 0.114. The molecule has 148 valence electrons. The predicted molar refractivity (Wildman–Crippen MR) is 114 cm³/mol. The van der Waals surface area contributed by atoms with Gasteiger partial charge in [0.25, 0.3) is 0 Å². The van der Waals surface area contributed by atoms with Gasteiger partial charge in [-0.3, -0.25) is 4.79 Å². The van der Waals surface area contributed by atoms with Crippen LogP contribution in [0.15, 0.2) is 60.8 Å². The quantitative estimate of drug-likeness (QED) is 0.606. The highest BCUT2D eigenvalue weighted by atomic mass is 16.5. The maximum atomic E-state index is 11.9. The monoisotopic (exact) mass is 388 g/mol. The van der Waals surface area contributed by atoms with Crippen molar-refractivity contribution in [2.45, 2.75) is 26.4 Å². The summed E-state index contributed by atoms with van der Waals surface area (Å²) < 4.78 is 6.00. The number of carbonyl (C=O) groups is 1. The second-order valence-electron chi connectivity index (χ2n) is 7.18. The van der Waals surface area contributed by atoms with E-state index in [1.165, 1.54) is 5.56 Å². The molecule has 1 aromatic heterocycles. The van der Waals surface area contributed by atoms with Crippen LogP contribution in [-0.2, 0) is 0 Å². The summed E-state index contributed by atoms with van der Waals surface area (Å²) in [5.41, 5.74) is 2.70. The zero-order valence-electron chi connectivity index (χ0n) is 16.6. The molecule has 1 aliphatic rings. The first-order valence-corrected chi connectivity index (χ1v) is 9.82. The molecule has 4 rings (SSSR count). The summed E-state index contributed by atoms with van der Waals surface area (Å²) in [5, 5.41) is 3.19. The summed E-state index contributed by atoms with van der Waals surface area (Å²) in [6, 6.07) is 17.4. The standard InChI is InChI=1S/C23H24N4O2/c1-3-21(28)17-5-4-6-18(13-17)25-23-24-12-11-22(26-23)27-14-20(15-27)29-19-9-7-16(2)8-10-19/h4-13,20H,3,14-15H2,1-2H3,(H,24,25,26). The SMILES string of the molecule is CCC(=O)c1cccc(Nc2nccc(N3CC(Oc4ccc(C)cc4)C3)n2)c1. The van der Waals surface area contributed by atoms with Gasteiger partial charge in [-0.15, -0.1) is 0 Å². The van der Waals surface area contributed by atoms with Gasteiger partial charge >= 0.3 is 0 Å². The van der Waals surface area contributed by atoms with Crippen LogP contribution in [0.4, 0.5) is 17.5 Å². The topological polar surface area (TPSA) is 67.4 Å². The molecular formula is C23H24N4O2. The molecule has 6 nitrogen and oxygen atoms in total. The summed E-state index contributed by atoms with van der Waals surface area (Å²) in [5.74, 6) is 2.37. The largest absolute Gasteiger partial charge is 0.487 e.